The molecule has 0 saturated carbocycles. The van der Waals surface area contributed by atoms with Crippen molar-refractivity contribution in [1.29, 1.82) is 0 Å². The molecule has 0 radical (unpaired) electrons. The van der Waals surface area contributed by atoms with Gasteiger partial charge in [0.2, 0.25) is 11.8 Å². The summed E-state index contributed by atoms with van der Waals surface area (Å²) in [4.78, 5) is 30.0. The van der Waals surface area contributed by atoms with E-state index in [1.807, 2.05) is 30.3 Å². The second-order valence-corrected chi connectivity index (χ2v) is 9.13. The van der Waals surface area contributed by atoms with Gasteiger partial charge in [-0.25, -0.2) is 4.79 Å². The maximum absolute atomic E-state index is 13.2. The van der Waals surface area contributed by atoms with Gasteiger partial charge in [0.1, 0.15) is 0 Å². The number of aromatic nitrogens is 3. The Bertz CT molecular complexity index is 1150. The van der Waals surface area contributed by atoms with Crippen LogP contribution in [0.1, 0.15) is 24.9 Å². The number of carbonyl (C=O) groups is 2. The Labute approximate surface area is 202 Å². The molecule has 3 amide bonds. The zero-order valence-electron chi connectivity index (χ0n) is 18.8. The monoisotopic (exact) mass is 506 g/mol. The highest BCUT2D eigenvalue weighted by Crippen LogP contribution is 2.24. The van der Waals surface area contributed by atoms with Crippen LogP contribution in [0.3, 0.4) is 0 Å². The van der Waals surface area contributed by atoms with Crippen molar-refractivity contribution in [3.05, 3.63) is 60.2 Å². The molecule has 0 bridgehead atoms. The van der Waals surface area contributed by atoms with E-state index in [9.17, 15) is 22.6 Å². The first-order chi connectivity index (χ1) is 16.7. The summed E-state index contributed by atoms with van der Waals surface area (Å²) in [6.45, 7) is 2.38. The number of rotatable bonds is 5. The van der Waals surface area contributed by atoms with Gasteiger partial charge in [0, 0.05) is 54.2 Å². The Morgan fingerprint density at radius 1 is 1.14 bits per heavy atom. The molecule has 1 aromatic carbocycles. The van der Waals surface area contributed by atoms with Crippen molar-refractivity contribution in [2.75, 3.05) is 29.5 Å². The number of nitrogens with two attached hydrogens (primary N) is 1. The number of hydrogen-bond donors (Lipinski definition) is 1. The van der Waals surface area contributed by atoms with Crippen molar-refractivity contribution in [3.8, 4) is 11.5 Å². The standard InChI is InChI=1S/C20H19F2N5O3S.C2H5NO/c21-17(22)19-25-24-18(30-19)14-6-7-15(23-12-14)13-27(16-4-2-1-3-5-16)20(28)26-8-10-31(29)11-9-26;1-2(3)4/h1-7,12,17H,8-11,13H2;1H3,(H2,3,4). The molecule has 1 saturated heterocycles. The molecule has 0 unspecified atom stereocenters. The molecule has 4 rings (SSSR count). The Kier molecular flexibility index (Phi) is 8.95. The fraction of sp³-hybridized carbons (Fsp3) is 0.318. The maximum atomic E-state index is 13.2. The molecule has 13 heteroatoms. The van der Waals surface area contributed by atoms with Crippen LogP contribution in [0.15, 0.2) is 53.1 Å². The predicted molar refractivity (Wildman–Crippen MR) is 125 cm³/mol. The lowest BCUT2D eigenvalue weighted by molar-refractivity contribution is -0.115. The molecule has 1 fully saturated rings. The summed E-state index contributed by atoms with van der Waals surface area (Å²) in [5, 5.41) is 6.92. The summed E-state index contributed by atoms with van der Waals surface area (Å²) in [6, 6.07) is 12.3. The van der Waals surface area contributed by atoms with E-state index in [-0.39, 0.29) is 24.4 Å². The molecule has 2 aromatic heterocycles. The van der Waals surface area contributed by atoms with E-state index in [0.717, 1.165) is 0 Å². The molecular weight excluding hydrogens is 482 g/mol. The number of carbonyl (C=O) groups excluding carboxylic acids is 2. The van der Waals surface area contributed by atoms with Gasteiger partial charge in [0.15, 0.2) is 0 Å². The molecule has 10 nitrogen and oxygen atoms in total. The minimum absolute atomic E-state index is 0.0494. The SMILES string of the molecule is CC(N)=O.O=C(N1CCS(=O)CC1)N(Cc1ccc(-c2nnc(C(F)F)o2)cn1)c1ccccc1. The van der Waals surface area contributed by atoms with Gasteiger partial charge in [-0.2, -0.15) is 8.78 Å². The highest BCUT2D eigenvalue weighted by molar-refractivity contribution is 7.85. The number of urea groups is 1. The van der Waals surface area contributed by atoms with E-state index in [2.05, 4.69) is 20.9 Å². The fourth-order valence-electron chi connectivity index (χ4n) is 3.12. The number of para-hydroxylation sites is 1. The Balaban J connectivity index is 0.000000795. The normalized spacial score (nSPS) is 13.8. The number of amides is 3. The molecule has 2 N–H and O–H groups in total. The predicted octanol–water partition coefficient (Wildman–Crippen LogP) is 2.75. The summed E-state index contributed by atoms with van der Waals surface area (Å²) in [5.41, 5.74) is 6.18. The van der Waals surface area contributed by atoms with Gasteiger partial charge in [-0.1, -0.05) is 18.2 Å². The average Bonchev–Trinajstić information content (AvgIpc) is 3.34. The van der Waals surface area contributed by atoms with Crippen molar-refractivity contribution in [3.63, 3.8) is 0 Å². The number of alkyl halides is 2. The quantitative estimate of drug-likeness (QED) is 0.562. The van der Waals surface area contributed by atoms with E-state index in [0.29, 0.717) is 41.5 Å². The highest BCUT2D eigenvalue weighted by atomic mass is 32.2. The second kappa shape index (κ2) is 12.1. The summed E-state index contributed by atoms with van der Waals surface area (Å²) >= 11 is 0. The zero-order chi connectivity index (χ0) is 25.4. The Morgan fingerprint density at radius 2 is 1.80 bits per heavy atom. The van der Waals surface area contributed by atoms with Crippen LogP contribution in [-0.2, 0) is 22.1 Å². The number of hydrogen-bond acceptors (Lipinski definition) is 7. The molecule has 1 aliphatic rings. The van der Waals surface area contributed by atoms with Gasteiger partial charge >= 0.3 is 12.5 Å². The van der Waals surface area contributed by atoms with Gasteiger partial charge in [-0.05, 0) is 24.3 Å². The molecule has 35 heavy (non-hydrogen) atoms. The highest BCUT2D eigenvalue weighted by Gasteiger charge is 2.26. The molecule has 0 aliphatic carbocycles. The molecule has 0 spiro atoms. The average molecular weight is 507 g/mol. The van der Waals surface area contributed by atoms with E-state index < -0.39 is 23.1 Å². The van der Waals surface area contributed by atoms with Crippen molar-refractivity contribution in [2.45, 2.75) is 19.9 Å². The third-order valence-electron chi connectivity index (χ3n) is 4.77. The van der Waals surface area contributed by atoms with Crippen LogP contribution >= 0.6 is 0 Å². The lowest BCUT2D eigenvalue weighted by Crippen LogP contribution is -2.48. The summed E-state index contributed by atoms with van der Waals surface area (Å²) in [6.07, 6.45) is -1.40. The van der Waals surface area contributed by atoms with Gasteiger partial charge in [0.05, 0.1) is 17.8 Å². The zero-order valence-corrected chi connectivity index (χ0v) is 19.7. The van der Waals surface area contributed by atoms with E-state index in [4.69, 9.17) is 4.42 Å². The molecule has 186 valence electrons. The van der Waals surface area contributed by atoms with Crippen LogP contribution in [0.4, 0.5) is 19.3 Å². The lowest BCUT2D eigenvalue weighted by atomic mass is 10.2. The van der Waals surface area contributed by atoms with Gasteiger partial charge < -0.3 is 15.1 Å². The van der Waals surface area contributed by atoms with E-state index >= 15 is 0 Å². The molecule has 1 aliphatic heterocycles. The topological polar surface area (TPSA) is 136 Å². The number of halogens is 2. The first-order valence-corrected chi connectivity index (χ1v) is 12.0. The maximum Gasteiger partial charge on any atom is 0.324 e. The van der Waals surface area contributed by atoms with Crippen molar-refractivity contribution < 1.29 is 27.0 Å². The Morgan fingerprint density at radius 3 is 2.34 bits per heavy atom. The number of nitrogens with zero attached hydrogens (tertiary/aromatic N) is 5. The number of pyridine rings is 1. The first kappa shape index (κ1) is 25.9. The van der Waals surface area contributed by atoms with Gasteiger partial charge in [0.25, 0.3) is 5.89 Å². The first-order valence-electron chi connectivity index (χ1n) is 10.5. The van der Waals surface area contributed by atoms with E-state index in [1.54, 1.807) is 21.9 Å². The third kappa shape index (κ3) is 7.37. The second-order valence-electron chi connectivity index (χ2n) is 7.43. The summed E-state index contributed by atoms with van der Waals surface area (Å²) < 4.78 is 41.9. The van der Waals surface area contributed by atoms with Crippen molar-refractivity contribution in [2.24, 2.45) is 5.73 Å². The number of primary amides is 1. The lowest BCUT2D eigenvalue weighted by Gasteiger charge is -2.32. The van der Waals surface area contributed by atoms with Crippen LogP contribution in [0, 0.1) is 0 Å². The van der Waals surface area contributed by atoms with Crippen molar-refractivity contribution >= 4 is 28.4 Å². The fourth-order valence-corrected chi connectivity index (χ4v) is 4.18. The van der Waals surface area contributed by atoms with Crippen LogP contribution < -0.4 is 10.6 Å². The largest absolute Gasteiger partial charge is 0.415 e. The van der Waals surface area contributed by atoms with Crippen LogP contribution in [0.5, 0.6) is 0 Å². The van der Waals surface area contributed by atoms with Gasteiger partial charge in [-0.15, -0.1) is 10.2 Å². The van der Waals surface area contributed by atoms with Gasteiger partial charge in [-0.3, -0.25) is 18.9 Å². The summed E-state index contributed by atoms with van der Waals surface area (Å²) in [7, 11) is -0.887. The van der Waals surface area contributed by atoms with Crippen LogP contribution in [0.25, 0.3) is 11.5 Å². The molecule has 3 aromatic rings. The van der Waals surface area contributed by atoms with Crippen LogP contribution in [-0.4, -0.2) is 60.8 Å². The third-order valence-corrected chi connectivity index (χ3v) is 6.04. The molecule has 0 atom stereocenters. The van der Waals surface area contributed by atoms with E-state index in [1.165, 1.54) is 13.1 Å². The molecular formula is C22H24F2N6O4S. The molecule has 3 heterocycles. The van der Waals surface area contributed by atoms with Crippen LogP contribution in [0.2, 0.25) is 0 Å². The number of benzene rings is 1. The summed E-state index contributed by atoms with van der Waals surface area (Å²) in [5.74, 6) is -0.202. The Hall–Kier alpha value is -3.74. The minimum atomic E-state index is -2.84. The minimum Gasteiger partial charge on any atom is -0.415 e. The van der Waals surface area contributed by atoms with Crippen molar-refractivity contribution in [1.82, 2.24) is 20.1 Å². The number of anilines is 1. The smallest absolute Gasteiger partial charge is 0.324 e.